The highest BCUT2D eigenvalue weighted by molar-refractivity contribution is 8.39. The number of methoxy groups -OCH3 is 1. The van der Waals surface area contributed by atoms with Gasteiger partial charge in [0.05, 0.1) is 19.3 Å². The van der Waals surface area contributed by atoms with Gasteiger partial charge in [-0.05, 0) is 16.4 Å². The zero-order valence-electron chi connectivity index (χ0n) is 23.3. The van der Waals surface area contributed by atoms with Crippen LogP contribution in [0.5, 0.6) is 0 Å². The molecule has 6 heterocycles. The van der Waals surface area contributed by atoms with E-state index >= 15 is 0 Å². The lowest BCUT2D eigenvalue weighted by atomic mass is 10.1. The minimum Gasteiger partial charge on any atom is -0.387 e. The number of hydrogen-bond donors (Lipinski definition) is 6. The Morgan fingerprint density at radius 3 is 2.11 bits per heavy atom. The van der Waals surface area contributed by atoms with E-state index in [1.54, 1.807) is 4.90 Å². The molecule has 0 amide bonds. The molecule has 14 atom stereocenters. The molecule has 7 N–H and O–H groups in total. The lowest BCUT2D eigenvalue weighted by Gasteiger charge is -2.32. The molecule has 0 aromatic carbocycles. The molecule has 0 aromatic heterocycles. The fourth-order valence-electron chi connectivity index (χ4n) is 5.68. The molecule has 0 bridgehead atoms. The molecule has 246 valence electrons. The summed E-state index contributed by atoms with van der Waals surface area (Å²) in [5.41, 5.74) is 11.9. The van der Waals surface area contributed by atoms with Crippen LogP contribution < -0.4 is 11.5 Å². The maximum Gasteiger partial charge on any atom is 0.582 e. The first-order valence-corrected chi connectivity index (χ1v) is 18.4. The van der Waals surface area contributed by atoms with Gasteiger partial charge in [0.1, 0.15) is 91.9 Å². The fraction of sp³-hybridized carbons (Fsp3) is 0.714. The number of nitrogens with zero attached hydrogens (tertiary/aromatic N) is 8. The number of rotatable bonds is 11. The van der Waals surface area contributed by atoms with Gasteiger partial charge in [0, 0.05) is 7.11 Å². The molecular formula is C21H31N10O10P2S2+. The highest BCUT2D eigenvalue weighted by atomic mass is 32.7. The molecule has 6 aliphatic heterocycles. The average Bonchev–Trinajstić information content (AvgIpc) is 3.76. The lowest BCUT2D eigenvalue weighted by molar-refractivity contribution is -0.0853. The predicted molar refractivity (Wildman–Crippen MR) is 166 cm³/mol. The number of aliphatic imine (C=N–C) groups is 6. The van der Waals surface area contributed by atoms with E-state index in [-0.39, 0.29) is 18.3 Å². The van der Waals surface area contributed by atoms with Gasteiger partial charge in [0.15, 0.2) is 24.8 Å². The van der Waals surface area contributed by atoms with Gasteiger partial charge in [-0.3, -0.25) is 14.5 Å². The molecule has 6 aliphatic rings. The van der Waals surface area contributed by atoms with E-state index in [2.05, 4.69) is 42.2 Å². The summed E-state index contributed by atoms with van der Waals surface area (Å²) >= 11 is 9.01. The molecule has 2 fully saturated rings. The van der Waals surface area contributed by atoms with Crippen LogP contribution in [0.4, 0.5) is 0 Å². The Labute approximate surface area is 267 Å². The van der Waals surface area contributed by atoms with E-state index in [1.165, 1.54) is 37.4 Å². The maximum atomic E-state index is 11.6. The van der Waals surface area contributed by atoms with Gasteiger partial charge in [0.25, 0.3) is 0 Å². The van der Waals surface area contributed by atoms with Gasteiger partial charge in [-0.2, -0.15) is 0 Å². The molecule has 20 nitrogen and oxygen atoms in total. The highest BCUT2D eigenvalue weighted by Gasteiger charge is 2.54. The Bertz CT molecular complexity index is 1410. The van der Waals surface area contributed by atoms with E-state index in [4.69, 9.17) is 51.1 Å². The summed E-state index contributed by atoms with van der Waals surface area (Å²) in [6, 6.07) is -1.11. The van der Waals surface area contributed by atoms with Crippen LogP contribution in [-0.4, -0.2) is 156 Å². The van der Waals surface area contributed by atoms with Crippen molar-refractivity contribution in [2.75, 3.05) is 20.3 Å². The smallest absolute Gasteiger partial charge is 0.387 e. The molecule has 0 aromatic rings. The summed E-state index contributed by atoms with van der Waals surface area (Å²) in [6.07, 6.45) is -4.58. The van der Waals surface area contributed by atoms with Gasteiger partial charge >= 0.3 is 13.9 Å². The summed E-state index contributed by atoms with van der Waals surface area (Å²) in [4.78, 5) is 39.4. The van der Waals surface area contributed by atoms with Gasteiger partial charge in [-0.15, -0.1) is 4.52 Å². The second-order valence-corrected chi connectivity index (χ2v) is 15.0. The Balaban J connectivity index is 1.11. The van der Waals surface area contributed by atoms with Crippen LogP contribution in [0.1, 0.15) is 0 Å². The first-order valence-electron chi connectivity index (χ1n) is 13.4. The number of fused-ring (bicyclic) bond motifs is 2. The van der Waals surface area contributed by atoms with Crippen molar-refractivity contribution in [3.05, 3.63) is 0 Å². The zero-order chi connectivity index (χ0) is 32.0. The van der Waals surface area contributed by atoms with E-state index in [0.29, 0.717) is 0 Å². The van der Waals surface area contributed by atoms with Crippen molar-refractivity contribution >= 4 is 75.0 Å². The largest absolute Gasteiger partial charge is 0.582 e. The summed E-state index contributed by atoms with van der Waals surface area (Å²) in [5.74, 6) is 0.515. The quantitative estimate of drug-likeness (QED) is 0.0940. The van der Waals surface area contributed by atoms with Crippen molar-refractivity contribution in [2.24, 2.45) is 41.4 Å². The number of aliphatic hydroxyl groups excluding tert-OH is 2. The van der Waals surface area contributed by atoms with Crippen LogP contribution in [0.3, 0.4) is 0 Å². The standard InChI is InChI=1S/C21H30N10O10P2S2/c1-36-15-12(32)8(39-21(15)31-7-29-11-17(23)25-5-27-19(11)31)3-38-43(35,45)41-14-9(2-37-42(34)44)40-20(13(14)33)30-6-28-10-16(22)24-4-26-18(10)30/h4-15,18-21,32-33H,2-3H2,1H3,(H5-,22,23,24,25,26,27,34,35,44,45)/p+1. The molecule has 24 heteroatoms. The van der Waals surface area contributed by atoms with Gasteiger partial charge in [-0.1, -0.05) is 0 Å². The number of aliphatic hydroxyl groups is 2. The van der Waals surface area contributed by atoms with Crippen molar-refractivity contribution in [3.8, 4) is 0 Å². The fourth-order valence-corrected chi connectivity index (χ4v) is 7.60. The molecule has 45 heavy (non-hydrogen) atoms. The number of amidine groups is 2. The summed E-state index contributed by atoms with van der Waals surface area (Å²) in [6.45, 7) is -4.90. The van der Waals surface area contributed by atoms with Gasteiger partial charge in [0.2, 0.25) is 0 Å². The second kappa shape index (κ2) is 13.2. The van der Waals surface area contributed by atoms with Gasteiger partial charge in [-0.25, -0.2) is 20.0 Å². The maximum absolute atomic E-state index is 11.6. The van der Waals surface area contributed by atoms with E-state index < -0.39 is 94.1 Å². The van der Waals surface area contributed by atoms with Crippen LogP contribution in [0.15, 0.2) is 30.0 Å². The van der Waals surface area contributed by atoms with Crippen molar-refractivity contribution < 1.29 is 47.5 Å². The monoisotopic (exact) mass is 709 g/mol. The highest BCUT2D eigenvalue weighted by Crippen LogP contribution is 2.49. The van der Waals surface area contributed by atoms with E-state index in [0.717, 1.165) is 0 Å². The van der Waals surface area contributed by atoms with Crippen LogP contribution in [0, 0.1) is 0 Å². The normalized spacial score (nSPS) is 41.7. The summed E-state index contributed by atoms with van der Waals surface area (Å²) in [5, 5.41) is 22.3. The third-order valence-electron chi connectivity index (χ3n) is 7.84. The average molecular weight is 710 g/mol. The van der Waals surface area contributed by atoms with Crippen molar-refractivity contribution in [1.82, 2.24) is 9.80 Å². The summed E-state index contributed by atoms with van der Waals surface area (Å²) in [7, 11) is -0.931. The van der Waals surface area contributed by atoms with Gasteiger partial charge < -0.3 is 55.1 Å². The van der Waals surface area contributed by atoms with Crippen molar-refractivity contribution in [3.63, 3.8) is 0 Å². The molecule has 0 aliphatic carbocycles. The predicted octanol–water partition coefficient (Wildman–Crippen LogP) is -2.73. The minimum atomic E-state index is -4.15. The Kier molecular flexibility index (Phi) is 9.66. The van der Waals surface area contributed by atoms with Crippen molar-refractivity contribution in [2.45, 2.75) is 73.5 Å². The Morgan fingerprint density at radius 2 is 1.53 bits per heavy atom. The lowest BCUT2D eigenvalue weighted by Crippen LogP contribution is -2.51. The summed E-state index contributed by atoms with van der Waals surface area (Å²) < 4.78 is 45.6. The van der Waals surface area contributed by atoms with Crippen LogP contribution in [0.2, 0.25) is 0 Å². The SMILES string of the molecule is COC1C(O)C(COP(O)(=S)OC2C(CO[P+](=O)S)OC(N3C=NC4C(N)=NC=NC43)C2O)OC1N1C=NC2C(N)=NC=NC21. The Hall–Kier alpha value is -2.04. The zero-order valence-corrected chi connectivity index (χ0v) is 26.8. The molecule has 14 unspecified atom stereocenters. The first-order chi connectivity index (χ1) is 21.5. The molecule has 0 radical (unpaired) electrons. The first kappa shape index (κ1) is 32.9. The third-order valence-corrected chi connectivity index (χ3v) is 10.1. The minimum absolute atomic E-state index is 0.232. The second-order valence-electron chi connectivity index (χ2n) is 10.5. The van der Waals surface area contributed by atoms with Crippen LogP contribution >= 0.6 is 26.2 Å². The number of nitrogens with two attached hydrogens (primary N) is 2. The van der Waals surface area contributed by atoms with E-state index in [9.17, 15) is 19.7 Å². The molecule has 2 saturated heterocycles. The third kappa shape index (κ3) is 6.45. The number of ether oxygens (including phenoxy) is 3. The molecular weight excluding hydrogens is 678 g/mol. The molecule has 0 saturated carbocycles. The topological polar surface area (TPSA) is 266 Å². The number of hydrogen-bond acceptors (Lipinski definition) is 20. The Morgan fingerprint density at radius 1 is 0.956 bits per heavy atom. The van der Waals surface area contributed by atoms with Crippen LogP contribution in [-0.2, 0) is 44.2 Å². The molecule has 0 spiro atoms. The van der Waals surface area contributed by atoms with Crippen molar-refractivity contribution in [1.29, 1.82) is 0 Å². The molecule has 6 rings (SSSR count). The number of thiol groups is 1. The van der Waals surface area contributed by atoms with Crippen LogP contribution in [0.25, 0.3) is 0 Å². The van der Waals surface area contributed by atoms with E-state index in [1.807, 2.05) is 0 Å².